The molecule has 3 rings (SSSR count). The summed E-state index contributed by atoms with van der Waals surface area (Å²) in [7, 11) is 0. The molecule has 0 amide bonds. The third-order valence-corrected chi connectivity index (χ3v) is 5.71. The largest absolute Gasteiger partial charge is 0.479 e. The molecule has 1 aliphatic heterocycles. The third-order valence-electron chi connectivity index (χ3n) is 4.76. The van der Waals surface area contributed by atoms with Gasteiger partial charge in [0, 0.05) is 24.3 Å². The smallest absolute Gasteiger partial charge is 0.337 e. The minimum Gasteiger partial charge on any atom is -0.479 e. The zero-order valence-electron chi connectivity index (χ0n) is 14.9. The van der Waals surface area contributed by atoms with E-state index in [2.05, 4.69) is 25.8 Å². The molecule has 2 aliphatic rings. The molecule has 2 heterocycles. The lowest BCUT2D eigenvalue weighted by molar-refractivity contribution is -0.160. The highest BCUT2D eigenvalue weighted by Crippen LogP contribution is 2.50. The number of carboxylic acids is 1. The number of carbonyl (C=O) groups is 1. The molecule has 0 spiro atoms. The molecule has 1 N–H and O–H groups in total. The lowest BCUT2D eigenvalue weighted by atomic mass is 10.0. The maximum atomic E-state index is 12.0. The van der Waals surface area contributed by atoms with Crippen LogP contribution in [0.2, 0.25) is 0 Å². The molecular formula is C18H25BrN2O3. The highest BCUT2D eigenvalue weighted by atomic mass is 79.9. The lowest BCUT2D eigenvalue weighted by Crippen LogP contribution is -2.31. The van der Waals surface area contributed by atoms with Crippen LogP contribution in [0.4, 0.5) is 5.69 Å². The van der Waals surface area contributed by atoms with Crippen LogP contribution in [0.1, 0.15) is 50.2 Å². The first-order chi connectivity index (χ1) is 11.1. The number of halogens is 1. The third kappa shape index (κ3) is 3.31. The second kappa shape index (κ2) is 5.99. The SMILES string of the molecule is Cc1nc(C)c(C(OC(C)(C)C)C(=O)O)c(N2CC3CC3C2)c1Br. The number of aromatic nitrogens is 1. The number of fused-ring (bicyclic) bond motifs is 1. The van der Waals surface area contributed by atoms with E-state index < -0.39 is 17.7 Å². The highest BCUT2D eigenvalue weighted by Gasteiger charge is 2.47. The van der Waals surface area contributed by atoms with E-state index in [0.717, 1.165) is 46.5 Å². The summed E-state index contributed by atoms with van der Waals surface area (Å²) in [4.78, 5) is 18.8. The Morgan fingerprint density at radius 2 is 1.88 bits per heavy atom. The fourth-order valence-electron chi connectivity index (χ4n) is 3.61. The number of pyridine rings is 1. The van der Waals surface area contributed by atoms with E-state index in [9.17, 15) is 9.90 Å². The minimum atomic E-state index is -1.03. The highest BCUT2D eigenvalue weighted by molar-refractivity contribution is 9.10. The van der Waals surface area contributed by atoms with Crippen molar-refractivity contribution in [3.05, 3.63) is 21.4 Å². The van der Waals surface area contributed by atoms with Crippen molar-refractivity contribution in [1.82, 2.24) is 4.98 Å². The topological polar surface area (TPSA) is 62.7 Å². The van der Waals surface area contributed by atoms with Gasteiger partial charge in [-0.3, -0.25) is 4.98 Å². The van der Waals surface area contributed by atoms with E-state index in [-0.39, 0.29) is 0 Å². The van der Waals surface area contributed by atoms with Crippen LogP contribution in [-0.2, 0) is 9.53 Å². The van der Waals surface area contributed by atoms with Crippen LogP contribution in [0.5, 0.6) is 0 Å². The van der Waals surface area contributed by atoms with Crippen molar-refractivity contribution < 1.29 is 14.6 Å². The van der Waals surface area contributed by atoms with E-state index >= 15 is 0 Å². The summed E-state index contributed by atoms with van der Waals surface area (Å²) in [5.74, 6) is 0.534. The Labute approximate surface area is 151 Å². The molecule has 3 unspecified atom stereocenters. The van der Waals surface area contributed by atoms with Gasteiger partial charge in [0.05, 0.1) is 21.5 Å². The van der Waals surface area contributed by atoms with Crippen molar-refractivity contribution in [2.45, 2.75) is 52.7 Å². The van der Waals surface area contributed by atoms with Crippen molar-refractivity contribution in [2.24, 2.45) is 11.8 Å². The Balaban J connectivity index is 2.10. The van der Waals surface area contributed by atoms with Gasteiger partial charge in [0.2, 0.25) is 0 Å². The molecule has 132 valence electrons. The average molecular weight is 397 g/mol. The zero-order chi connectivity index (χ0) is 17.8. The molecular weight excluding hydrogens is 372 g/mol. The van der Waals surface area contributed by atoms with Gasteiger partial charge in [-0.25, -0.2) is 4.79 Å². The fourth-order valence-corrected chi connectivity index (χ4v) is 4.17. The Morgan fingerprint density at radius 3 is 2.38 bits per heavy atom. The normalized spacial score (nSPS) is 24.0. The maximum absolute atomic E-state index is 12.0. The van der Waals surface area contributed by atoms with E-state index in [1.54, 1.807) is 0 Å². The first-order valence-electron chi connectivity index (χ1n) is 8.40. The first-order valence-corrected chi connectivity index (χ1v) is 9.20. The van der Waals surface area contributed by atoms with E-state index in [1.807, 2.05) is 34.6 Å². The van der Waals surface area contributed by atoms with E-state index in [1.165, 1.54) is 6.42 Å². The lowest BCUT2D eigenvalue weighted by Gasteiger charge is -2.31. The van der Waals surface area contributed by atoms with Crippen LogP contribution in [0.25, 0.3) is 0 Å². The number of piperidine rings is 1. The molecule has 5 nitrogen and oxygen atoms in total. The number of nitrogens with zero attached hydrogens (tertiary/aromatic N) is 2. The van der Waals surface area contributed by atoms with Gasteiger partial charge in [0.25, 0.3) is 0 Å². The first kappa shape index (κ1) is 17.7. The van der Waals surface area contributed by atoms with Gasteiger partial charge in [-0.05, 0) is 68.8 Å². The molecule has 1 saturated heterocycles. The number of rotatable bonds is 4. The van der Waals surface area contributed by atoms with Crippen molar-refractivity contribution in [3.8, 4) is 0 Å². The summed E-state index contributed by atoms with van der Waals surface area (Å²) in [6.07, 6.45) is 0.272. The van der Waals surface area contributed by atoms with Gasteiger partial charge in [0.1, 0.15) is 0 Å². The number of carboxylic acid groups (broad SMARTS) is 1. The molecule has 0 aromatic carbocycles. The van der Waals surface area contributed by atoms with Crippen LogP contribution < -0.4 is 4.90 Å². The molecule has 24 heavy (non-hydrogen) atoms. The molecule has 1 aromatic heterocycles. The molecule has 3 atom stereocenters. The van der Waals surface area contributed by atoms with Crippen LogP contribution in [0.15, 0.2) is 4.47 Å². The van der Waals surface area contributed by atoms with Crippen LogP contribution >= 0.6 is 15.9 Å². The summed E-state index contributed by atoms with van der Waals surface area (Å²) < 4.78 is 6.79. The predicted octanol–water partition coefficient (Wildman–Crippen LogP) is 3.86. The summed E-state index contributed by atoms with van der Waals surface area (Å²) in [6.45, 7) is 11.4. The van der Waals surface area contributed by atoms with Gasteiger partial charge >= 0.3 is 5.97 Å². The van der Waals surface area contributed by atoms with Crippen LogP contribution in [0, 0.1) is 25.7 Å². The molecule has 2 fully saturated rings. The second-order valence-corrected chi connectivity index (χ2v) is 8.76. The number of hydrogen-bond acceptors (Lipinski definition) is 4. The van der Waals surface area contributed by atoms with Gasteiger partial charge in [-0.2, -0.15) is 0 Å². The van der Waals surface area contributed by atoms with Gasteiger partial charge in [-0.15, -0.1) is 0 Å². The number of anilines is 1. The molecule has 0 bridgehead atoms. The van der Waals surface area contributed by atoms with Gasteiger partial charge in [0.15, 0.2) is 6.10 Å². The number of aryl methyl sites for hydroxylation is 2. The quantitative estimate of drug-likeness (QED) is 0.836. The number of ether oxygens (including phenoxy) is 1. The Morgan fingerprint density at radius 1 is 1.29 bits per heavy atom. The summed E-state index contributed by atoms with van der Waals surface area (Å²) in [5, 5.41) is 9.82. The molecule has 0 radical (unpaired) electrons. The van der Waals surface area contributed by atoms with Gasteiger partial charge < -0.3 is 14.7 Å². The summed E-state index contributed by atoms with van der Waals surface area (Å²) >= 11 is 3.65. The molecule has 1 aliphatic carbocycles. The van der Waals surface area contributed by atoms with Gasteiger partial charge in [-0.1, -0.05) is 0 Å². The molecule has 6 heteroatoms. The maximum Gasteiger partial charge on any atom is 0.337 e. The second-order valence-electron chi connectivity index (χ2n) is 7.97. The van der Waals surface area contributed by atoms with Crippen LogP contribution in [0.3, 0.4) is 0 Å². The zero-order valence-corrected chi connectivity index (χ0v) is 16.5. The summed E-state index contributed by atoms with van der Waals surface area (Å²) in [6, 6.07) is 0. The van der Waals surface area contributed by atoms with Crippen molar-refractivity contribution in [2.75, 3.05) is 18.0 Å². The van der Waals surface area contributed by atoms with Crippen molar-refractivity contribution >= 4 is 27.6 Å². The molecule has 1 saturated carbocycles. The number of aliphatic carboxylic acids is 1. The monoisotopic (exact) mass is 396 g/mol. The Bertz CT molecular complexity index is 674. The average Bonchev–Trinajstić information content (AvgIpc) is 3.05. The number of hydrogen-bond donors (Lipinski definition) is 1. The predicted molar refractivity (Wildman–Crippen MR) is 96.4 cm³/mol. The van der Waals surface area contributed by atoms with Crippen LogP contribution in [-0.4, -0.2) is 34.8 Å². The summed E-state index contributed by atoms with van der Waals surface area (Å²) in [5.41, 5.74) is 2.67. The van der Waals surface area contributed by atoms with E-state index in [4.69, 9.17) is 4.74 Å². The Hall–Kier alpha value is -1.14. The Kier molecular flexibility index (Phi) is 4.41. The fraction of sp³-hybridized carbons (Fsp3) is 0.667. The minimum absolute atomic E-state index is 0.558. The van der Waals surface area contributed by atoms with Crippen molar-refractivity contribution in [1.29, 1.82) is 0 Å². The van der Waals surface area contributed by atoms with Crippen molar-refractivity contribution in [3.63, 3.8) is 0 Å². The van der Waals surface area contributed by atoms with E-state index in [0.29, 0.717) is 5.56 Å². The standard InChI is InChI=1S/C18H25BrN2O3/c1-9-13(16(17(22)23)24-18(3,4)5)15(14(19)10(2)20-9)21-7-11-6-12(11)8-21/h11-12,16H,6-8H2,1-5H3,(H,22,23). The molecule has 1 aromatic rings.